The van der Waals surface area contributed by atoms with Crippen molar-refractivity contribution in [2.45, 2.75) is 26.4 Å². The van der Waals surface area contributed by atoms with Crippen LogP contribution in [0.25, 0.3) is 6.08 Å². The van der Waals surface area contributed by atoms with E-state index in [1.54, 1.807) is 12.4 Å². The Kier molecular flexibility index (Phi) is 4.35. The number of hydrogen-bond acceptors (Lipinski definition) is 3. The molecule has 1 aliphatic carbocycles. The fourth-order valence-corrected chi connectivity index (χ4v) is 2.88. The summed E-state index contributed by atoms with van der Waals surface area (Å²) in [6.45, 7) is 4.45. The van der Waals surface area contributed by atoms with Crippen molar-refractivity contribution in [1.82, 2.24) is 15.3 Å². The van der Waals surface area contributed by atoms with E-state index in [0.717, 1.165) is 22.7 Å². The van der Waals surface area contributed by atoms with Crippen LogP contribution in [0.4, 0.5) is 4.39 Å². The third kappa shape index (κ3) is 3.08. The molecule has 0 radical (unpaired) electrons. The van der Waals surface area contributed by atoms with E-state index in [4.69, 9.17) is 0 Å². The SMILES string of the molecule is CCC(O)C#CC1C(F)=CC=C2NCC(=Cc3nc[nH]c3C)C21. The Bertz CT molecular complexity index is 748. The van der Waals surface area contributed by atoms with E-state index < -0.39 is 12.0 Å². The third-order valence-corrected chi connectivity index (χ3v) is 4.27. The van der Waals surface area contributed by atoms with Crippen molar-refractivity contribution in [3.8, 4) is 11.8 Å². The third-order valence-electron chi connectivity index (χ3n) is 4.27. The number of aryl methyl sites for hydroxylation is 1. The van der Waals surface area contributed by atoms with Gasteiger partial charge in [0, 0.05) is 23.9 Å². The summed E-state index contributed by atoms with van der Waals surface area (Å²) in [7, 11) is 0. The van der Waals surface area contributed by atoms with Gasteiger partial charge in [0.05, 0.1) is 17.9 Å². The van der Waals surface area contributed by atoms with E-state index in [0.29, 0.717) is 13.0 Å². The van der Waals surface area contributed by atoms with Gasteiger partial charge in [0.15, 0.2) is 0 Å². The summed E-state index contributed by atoms with van der Waals surface area (Å²) in [5.41, 5.74) is 3.86. The van der Waals surface area contributed by atoms with Crippen molar-refractivity contribution in [2.75, 3.05) is 6.54 Å². The van der Waals surface area contributed by atoms with Gasteiger partial charge in [-0.25, -0.2) is 9.37 Å². The van der Waals surface area contributed by atoms with Gasteiger partial charge in [-0.05, 0) is 37.1 Å². The molecule has 0 spiro atoms. The number of aliphatic hydroxyl groups is 1. The molecule has 2 aliphatic rings. The second-order valence-corrected chi connectivity index (χ2v) is 5.83. The molecule has 0 amide bonds. The topological polar surface area (TPSA) is 60.9 Å². The molecule has 1 aliphatic heterocycles. The maximum atomic E-state index is 14.3. The van der Waals surface area contributed by atoms with Crippen LogP contribution in [0.3, 0.4) is 0 Å². The van der Waals surface area contributed by atoms with Gasteiger partial charge in [-0.3, -0.25) is 0 Å². The van der Waals surface area contributed by atoms with Crippen molar-refractivity contribution in [3.05, 3.63) is 47.0 Å². The first kappa shape index (κ1) is 15.6. The minimum Gasteiger partial charge on any atom is -0.384 e. The Balaban J connectivity index is 1.95. The molecule has 0 bridgehead atoms. The lowest BCUT2D eigenvalue weighted by molar-refractivity contribution is 0.228. The number of halogens is 1. The number of allylic oxidation sites excluding steroid dienone is 4. The molecule has 1 aromatic heterocycles. The summed E-state index contributed by atoms with van der Waals surface area (Å²) in [5.74, 6) is 4.72. The second kappa shape index (κ2) is 6.43. The van der Waals surface area contributed by atoms with Crippen LogP contribution in [0, 0.1) is 30.6 Å². The van der Waals surface area contributed by atoms with Gasteiger partial charge in [-0.15, -0.1) is 0 Å². The predicted molar refractivity (Wildman–Crippen MR) is 87.6 cm³/mol. The molecule has 0 aromatic carbocycles. The number of H-pyrrole nitrogens is 1. The Labute approximate surface area is 135 Å². The highest BCUT2D eigenvalue weighted by molar-refractivity contribution is 5.57. The number of imidazole rings is 1. The van der Waals surface area contributed by atoms with E-state index in [-0.39, 0.29) is 11.7 Å². The van der Waals surface area contributed by atoms with Gasteiger partial charge in [0.1, 0.15) is 11.9 Å². The molecule has 120 valence electrons. The van der Waals surface area contributed by atoms with Crippen LogP contribution in [0.15, 0.2) is 35.6 Å². The molecular formula is C18H20FN3O. The number of aromatic nitrogens is 2. The summed E-state index contributed by atoms with van der Waals surface area (Å²) in [6, 6.07) is 0. The van der Waals surface area contributed by atoms with Gasteiger partial charge in [0.2, 0.25) is 0 Å². The van der Waals surface area contributed by atoms with Gasteiger partial charge in [-0.1, -0.05) is 18.8 Å². The zero-order valence-electron chi connectivity index (χ0n) is 13.2. The van der Waals surface area contributed by atoms with Crippen LogP contribution in [0.5, 0.6) is 0 Å². The first-order valence-corrected chi connectivity index (χ1v) is 7.80. The van der Waals surface area contributed by atoms with Crippen LogP contribution < -0.4 is 5.32 Å². The first-order chi connectivity index (χ1) is 11.1. The molecule has 1 fully saturated rings. The van der Waals surface area contributed by atoms with Gasteiger partial charge >= 0.3 is 0 Å². The smallest absolute Gasteiger partial charge is 0.116 e. The fraction of sp³-hybridized carbons (Fsp3) is 0.389. The minimum absolute atomic E-state index is 0.146. The molecule has 3 atom stereocenters. The van der Waals surface area contributed by atoms with Crippen molar-refractivity contribution in [2.24, 2.45) is 11.8 Å². The number of aromatic amines is 1. The molecule has 1 aromatic rings. The quantitative estimate of drug-likeness (QED) is 0.735. The molecule has 3 rings (SSSR count). The molecule has 3 unspecified atom stereocenters. The number of aliphatic hydroxyl groups excluding tert-OH is 1. The number of fused-ring (bicyclic) bond motifs is 1. The lowest BCUT2D eigenvalue weighted by Gasteiger charge is -2.22. The van der Waals surface area contributed by atoms with E-state index >= 15 is 0 Å². The van der Waals surface area contributed by atoms with Crippen LogP contribution in [-0.2, 0) is 0 Å². The molecule has 4 nitrogen and oxygen atoms in total. The van der Waals surface area contributed by atoms with E-state index in [1.165, 1.54) is 6.08 Å². The average Bonchev–Trinajstić information content (AvgIpc) is 3.13. The Morgan fingerprint density at radius 2 is 2.35 bits per heavy atom. The van der Waals surface area contributed by atoms with Crippen LogP contribution in [-0.4, -0.2) is 27.7 Å². The Morgan fingerprint density at radius 3 is 3.04 bits per heavy atom. The largest absolute Gasteiger partial charge is 0.384 e. The fourth-order valence-electron chi connectivity index (χ4n) is 2.88. The Morgan fingerprint density at radius 1 is 1.52 bits per heavy atom. The Hall–Kier alpha value is -2.32. The normalized spacial score (nSPS) is 25.8. The summed E-state index contributed by atoms with van der Waals surface area (Å²) < 4.78 is 14.3. The standard InChI is InChI=1S/C18H20FN3O/c1-3-13(23)4-5-14-15(19)6-7-16-18(14)12(9-20-16)8-17-11(2)21-10-22-17/h6-8,10,13-14,18,20,23H,3,9H2,1-2H3,(H,21,22). The molecule has 23 heavy (non-hydrogen) atoms. The summed E-state index contributed by atoms with van der Waals surface area (Å²) in [6.07, 6.45) is 6.69. The number of nitrogens with zero attached hydrogens (tertiary/aromatic N) is 1. The van der Waals surface area contributed by atoms with Crippen LogP contribution in [0.2, 0.25) is 0 Å². The van der Waals surface area contributed by atoms with Gasteiger partial charge in [-0.2, -0.15) is 0 Å². The van der Waals surface area contributed by atoms with E-state index in [2.05, 4.69) is 27.1 Å². The summed E-state index contributed by atoms with van der Waals surface area (Å²) in [5, 5.41) is 13.0. The highest BCUT2D eigenvalue weighted by Gasteiger charge is 2.36. The second-order valence-electron chi connectivity index (χ2n) is 5.83. The highest BCUT2D eigenvalue weighted by Crippen LogP contribution is 2.39. The van der Waals surface area contributed by atoms with Crippen molar-refractivity contribution >= 4 is 6.08 Å². The van der Waals surface area contributed by atoms with Crippen molar-refractivity contribution < 1.29 is 9.50 Å². The highest BCUT2D eigenvalue weighted by atomic mass is 19.1. The maximum absolute atomic E-state index is 14.3. The molecular weight excluding hydrogens is 293 g/mol. The number of nitrogens with one attached hydrogen (secondary N) is 2. The van der Waals surface area contributed by atoms with Gasteiger partial charge in [0.25, 0.3) is 0 Å². The predicted octanol–water partition coefficient (Wildman–Crippen LogP) is 2.46. The minimum atomic E-state index is -0.715. The molecule has 5 heteroatoms. The van der Waals surface area contributed by atoms with E-state index in [9.17, 15) is 9.50 Å². The van der Waals surface area contributed by atoms with Gasteiger partial charge < -0.3 is 15.4 Å². The van der Waals surface area contributed by atoms with Crippen LogP contribution >= 0.6 is 0 Å². The zero-order valence-corrected chi connectivity index (χ0v) is 13.2. The molecule has 0 saturated carbocycles. The molecule has 2 heterocycles. The lowest BCUT2D eigenvalue weighted by atomic mass is 9.81. The number of rotatable bonds is 2. The number of hydrogen-bond donors (Lipinski definition) is 3. The van der Waals surface area contributed by atoms with Crippen molar-refractivity contribution in [1.29, 1.82) is 0 Å². The lowest BCUT2D eigenvalue weighted by Crippen LogP contribution is -2.20. The first-order valence-electron chi connectivity index (χ1n) is 7.80. The van der Waals surface area contributed by atoms with Crippen molar-refractivity contribution in [3.63, 3.8) is 0 Å². The summed E-state index contributed by atoms with van der Waals surface area (Å²) >= 11 is 0. The van der Waals surface area contributed by atoms with Crippen LogP contribution in [0.1, 0.15) is 24.7 Å². The maximum Gasteiger partial charge on any atom is 0.116 e. The zero-order chi connectivity index (χ0) is 16.4. The molecule has 3 N–H and O–H groups in total. The monoisotopic (exact) mass is 313 g/mol. The molecule has 1 saturated heterocycles. The summed E-state index contributed by atoms with van der Waals surface area (Å²) in [4.78, 5) is 7.33. The van der Waals surface area contributed by atoms with E-state index in [1.807, 2.05) is 19.9 Å². The average molecular weight is 313 g/mol.